The monoisotopic (exact) mass is 281 g/mol. The summed E-state index contributed by atoms with van der Waals surface area (Å²) < 4.78 is 14.2. The largest absolute Gasteiger partial charge is 0.271 e. The summed E-state index contributed by atoms with van der Waals surface area (Å²) in [5, 5.41) is 2.01. The summed E-state index contributed by atoms with van der Waals surface area (Å²) in [6.07, 6.45) is 1.72. The number of nitrogens with zero attached hydrogens (tertiary/aromatic N) is 1. The van der Waals surface area contributed by atoms with Gasteiger partial charge in [-0.2, -0.15) is 0 Å². The lowest BCUT2D eigenvalue weighted by Crippen LogP contribution is -2.30. The number of rotatable bonds is 3. The fourth-order valence-electron chi connectivity index (χ4n) is 2.57. The zero-order valence-electron chi connectivity index (χ0n) is 11.7. The molecule has 3 aromatic rings. The highest BCUT2D eigenvalue weighted by atomic mass is 19.1. The van der Waals surface area contributed by atoms with Crippen LogP contribution in [0.5, 0.6) is 0 Å². The Kier molecular flexibility index (Phi) is 3.64. The number of halogens is 1. The van der Waals surface area contributed by atoms with Gasteiger partial charge in [0.1, 0.15) is 5.82 Å². The van der Waals surface area contributed by atoms with E-state index in [4.69, 9.17) is 5.84 Å². The van der Waals surface area contributed by atoms with E-state index in [1.54, 1.807) is 18.3 Å². The topological polar surface area (TPSA) is 50.9 Å². The molecule has 0 radical (unpaired) electrons. The van der Waals surface area contributed by atoms with Gasteiger partial charge in [0.15, 0.2) is 0 Å². The van der Waals surface area contributed by atoms with Gasteiger partial charge in [-0.3, -0.25) is 10.8 Å². The number of hydrogen-bond acceptors (Lipinski definition) is 3. The van der Waals surface area contributed by atoms with Crippen LogP contribution in [-0.4, -0.2) is 4.98 Å². The lowest BCUT2D eigenvalue weighted by molar-refractivity contribution is 0.555. The molecular formula is C17H16FN3. The van der Waals surface area contributed by atoms with Gasteiger partial charge in [0.25, 0.3) is 0 Å². The van der Waals surface area contributed by atoms with E-state index in [2.05, 4.69) is 10.4 Å². The molecule has 3 N–H and O–H groups in total. The Hall–Kier alpha value is -2.30. The molecule has 0 bridgehead atoms. The fourth-order valence-corrected chi connectivity index (χ4v) is 2.57. The lowest BCUT2D eigenvalue weighted by atomic mass is 9.97. The molecule has 0 saturated heterocycles. The molecule has 0 amide bonds. The number of pyridine rings is 1. The van der Waals surface area contributed by atoms with Gasteiger partial charge in [-0.05, 0) is 24.4 Å². The highest BCUT2D eigenvalue weighted by molar-refractivity contribution is 5.85. The fraction of sp³-hybridized carbons (Fsp3) is 0.118. The summed E-state index contributed by atoms with van der Waals surface area (Å²) in [7, 11) is 0. The number of hydrogen-bond donors (Lipinski definition) is 2. The van der Waals surface area contributed by atoms with E-state index >= 15 is 0 Å². The van der Waals surface area contributed by atoms with Crippen LogP contribution in [0.25, 0.3) is 10.8 Å². The molecule has 1 aromatic heterocycles. The van der Waals surface area contributed by atoms with Crippen LogP contribution in [0.2, 0.25) is 0 Å². The third kappa shape index (κ3) is 2.51. The second-order valence-corrected chi connectivity index (χ2v) is 5.04. The summed E-state index contributed by atoms with van der Waals surface area (Å²) in [5.74, 6) is 5.40. The van der Waals surface area contributed by atoms with Crippen molar-refractivity contribution in [3.63, 3.8) is 0 Å². The van der Waals surface area contributed by atoms with Crippen molar-refractivity contribution in [1.82, 2.24) is 10.4 Å². The molecule has 0 aliphatic heterocycles. The maximum Gasteiger partial charge on any atom is 0.128 e. The maximum atomic E-state index is 14.2. The van der Waals surface area contributed by atoms with Crippen molar-refractivity contribution < 1.29 is 4.39 Å². The zero-order chi connectivity index (χ0) is 14.8. The van der Waals surface area contributed by atoms with Crippen LogP contribution < -0.4 is 11.3 Å². The molecule has 1 heterocycles. The van der Waals surface area contributed by atoms with Crippen LogP contribution in [0.15, 0.2) is 54.7 Å². The molecule has 0 aliphatic rings. The Morgan fingerprint density at radius 1 is 1.14 bits per heavy atom. The molecule has 4 heteroatoms. The van der Waals surface area contributed by atoms with E-state index in [1.165, 1.54) is 6.07 Å². The minimum absolute atomic E-state index is 0.293. The Morgan fingerprint density at radius 2 is 1.95 bits per heavy atom. The standard InChI is InChI=1S/C17H16FN3/c1-11-6-7-15(18)14(10-11)17(21-19)16-13-5-3-2-4-12(13)8-9-20-16/h2-10,17,21H,19H2,1H3. The van der Waals surface area contributed by atoms with Crippen molar-refractivity contribution in [1.29, 1.82) is 0 Å². The van der Waals surface area contributed by atoms with Crippen molar-refractivity contribution >= 4 is 10.8 Å². The van der Waals surface area contributed by atoms with Gasteiger partial charge >= 0.3 is 0 Å². The lowest BCUT2D eigenvalue weighted by Gasteiger charge is -2.19. The molecular weight excluding hydrogens is 265 g/mol. The van der Waals surface area contributed by atoms with Crippen molar-refractivity contribution in [2.45, 2.75) is 13.0 Å². The molecule has 1 atom stereocenters. The number of fused-ring (bicyclic) bond motifs is 1. The smallest absolute Gasteiger partial charge is 0.128 e. The molecule has 21 heavy (non-hydrogen) atoms. The number of hydrazine groups is 1. The number of nitrogens with one attached hydrogen (secondary N) is 1. The van der Waals surface area contributed by atoms with Crippen LogP contribution in [0.4, 0.5) is 4.39 Å². The molecule has 2 aromatic carbocycles. The van der Waals surface area contributed by atoms with Gasteiger partial charge in [-0.1, -0.05) is 42.0 Å². The molecule has 0 fully saturated rings. The van der Waals surface area contributed by atoms with Crippen LogP contribution in [-0.2, 0) is 0 Å². The summed E-state index contributed by atoms with van der Waals surface area (Å²) in [6.45, 7) is 1.92. The molecule has 0 aliphatic carbocycles. The third-order valence-corrected chi connectivity index (χ3v) is 3.61. The van der Waals surface area contributed by atoms with Gasteiger partial charge in [-0.25, -0.2) is 9.82 Å². The summed E-state index contributed by atoms with van der Waals surface area (Å²) in [6, 6.07) is 14.3. The van der Waals surface area contributed by atoms with Crippen molar-refractivity contribution in [2.75, 3.05) is 0 Å². The predicted molar refractivity (Wildman–Crippen MR) is 82.0 cm³/mol. The molecule has 0 spiro atoms. The Labute approximate surface area is 122 Å². The maximum absolute atomic E-state index is 14.2. The van der Waals surface area contributed by atoms with Gasteiger partial charge in [-0.15, -0.1) is 0 Å². The van der Waals surface area contributed by atoms with Gasteiger partial charge in [0.05, 0.1) is 11.7 Å². The average molecular weight is 281 g/mol. The highest BCUT2D eigenvalue weighted by Crippen LogP contribution is 2.28. The van der Waals surface area contributed by atoms with Crippen molar-refractivity contribution in [3.05, 3.63) is 77.4 Å². The molecule has 1 unspecified atom stereocenters. The summed E-state index contributed by atoms with van der Waals surface area (Å²) in [5.41, 5.74) is 4.89. The molecule has 3 rings (SSSR count). The first kappa shape index (κ1) is 13.7. The molecule has 0 saturated carbocycles. The second-order valence-electron chi connectivity index (χ2n) is 5.04. The van der Waals surface area contributed by atoms with Gasteiger partial charge in [0.2, 0.25) is 0 Å². The Morgan fingerprint density at radius 3 is 2.76 bits per heavy atom. The number of benzene rings is 2. The Balaban J connectivity index is 2.21. The normalized spacial score (nSPS) is 12.5. The Bertz CT molecular complexity index is 781. The first-order valence-electron chi connectivity index (χ1n) is 6.76. The van der Waals surface area contributed by atoms with Gasteiger partial charge in [0, 0.05) is 17.1 Å². The quantitative estimate of drug-likeness (QED) is 0.572. The van der Waals surface area contributed by atoms with Crippen LogP contribution in [0.1, 0.15) is 22.9 Å². The van der Waals surface area contributed by atoms with Crippen LogP contribution in [0.3, 0.4) is 0 Å². The van der Waals surface area contributed by atoms with Crippen LogP contribution >= 0.6 is 0 Å². The minimum Gasteiger partial charge on any atom is -0.271 e. The van der Waals surface area contributed by atoms with E-state index in [-0.39, 0.29) is 5.82 Å². The van der Waals surface area contributed by atoms with E-state index in [1.807, 2.05) is 37.3 Å². The van der Waals surface area contributed by atoms with Crippen molar-refractivity contribution in [3.8, 4) is 0 Å². The van der Waals surface area contributed by atoms with Gasteiger partial charge < -0.3 is 0 Å². The first-order valence-corrected chi connectivity index (χ1v) is 6.76. The summed E-state index contributed by atoms with van der Waals surface area (Å²) in [4.78, 5) is 4.42. The summed E-state index contributed by atoms with van der Waals surface area (Å²) >= 11 is 0. The van der Waals surface area contributed by atoms with E-state index in [9.17, 15) is 4.39 Å². The minimum atomic E-state index is -0.490. The molecule has 106 valence electrons. The average Bonchev–Trinajstić information content (AvgIpc) is 2.51. The highest BCUT2D eigenvalue weighted by Gasteiger charge is 2.20. The van der Waals surface area contributed by atoms with E-state index < -0.39 is 6.04 Å². The number of aryl methyl sites for hydroxylation is 1. The zero-order valence-corrected chi connectivity index (χ0v) is 11.7. The van der Waals surface area contributed by atoms with E-state index in [0.29, 0.717) is 5.56 Å². The molecule has 3 nitrogen and oxygen atoms in total. The number of nitrogens with two attached hydrogens (primary N) is 1. The first-order chi connectivity index (χ1) is 10.2. The third-order valence-electron chi connectivity index (χ3n) is 3.61. The van der Waals surface area contributed by atoms with Crippen molar-refractivity contribution in [2.24, 2.45) is 5.84 Å². The predicted octanol–water partition coefficient (Wildman–Crippen LogP) is 3.24. The van der Waals surface area contributed by atoms with Crippen LogP contribution in [0, 0.1) is 12.7 Å². The second kappa shape index (κ2) is 5.60. The number of aromatic nitrogens is 1. The SMILES string of the molecule is Cc1ccc(F)c(C(NN)c2nccc3ccccc23)c1. The van der Waals surface area contributed by atoms with E-state index in [0.717, 1.165) is 22.0 Å².